The number of amides is 1. The monoisotopic (exact) mass is 614 g/mol. The summed E-state index contributed by atoms with van der Waals surface area (Å²) in [5, 5.41) is 3.08. The number of benzene rings is 2. The van der Waals surface area contributed by atoms with E-state index in [2.05, 4.69) is 86.7 Å². The summed E-state index contributed by atoms with van der Waals surface area (Å²) in [6.07, 6.45) is 2.08. The van der Waals surface area contributed by atoms with Gasteiger partial charge in [-0.2, -0.15) is 0 Å². The molecule has 0 saturated carbocycles. The minimum absolute atomic E-state index is 0.00242. The first-order valence-corrected chi connectivity index (χ1v) is 20.9. The zero-order valence-corrected chi connectivity index (χ0v) is 30.5. The Bertz CT molecular complexity index is 979. The van der Waals surface area contributed by atoms with Crippen LogP contribution < -0.4 is 11.1 Å². The van der Waals surface area contributed by atoms with E-state index in [4.69, 9.17) is 14.6 Å². The Kier molecular flexibility index (Phi) is 17.8. The molecule has 1 amide bonds. The summed E-state index contributed by atoms with van der Waals surface area (Å²) in [6.45, 7) is 25.7. The van der Waals surface area contributed by atoms with Crippen molar-refractivity contribution in [3.05, 3.63) is 60.2 Å². The van der Waals surface area contributed by atoms with Gasteiger partial charge in [0.1, 0.15) is 0 Å². The van der Waals surface area contributed by atoms with Crippen LogP contribution in [-0.2, 0) is 8.85 Å². The van der Waals surface area contributed by atoms with Crippen molar-refractivity contribution in [3.8, 4) is 11.1 Å². The molecule has 42 heavy (non-hydrogen) atoms. The Balaban J connectivity index is 0.000000532. The fraction of sp³-hybridized carbons (Fsp3) is 0.629. The van der Waals surface area contributed by atoms with Crippen LogP contribution in [0.1, 0.15) is 92.4 Å². The molecule has 0 aliphatic rings. The first-order chi connectivity index (χ1) is 19.9. The highest BCUT2D eigenvalue weighted by molar-refractivity contribution is 6.76. The third kappa shape index (κ3) is 11.1. The Hall–Kier alpha value is -1.78. The lowest BCUT2D eigenvalue weighted by Crippen LogP contribution is -2.45. The smallest absolute Gasteiger partial charge is 0.251 e. The fourth-order valence-corrected chi connectivity index (χ4v) is 15.5. The number of hydrogen-bond acceptors (Lipinski definition) is 4. The number of nitrogens with two attached hydrogens (primary N) is 1. The molecular weight excluding hydrogens is 553 g/mol. The highest BCUT2D eigenvalue weighted by atomic mass is 28.4. The van der Waals surface area contributed by atoms with Crippen molar-refractivity contribution in [1.29, 1.82) is 0 Å². The molecule has 2 rings (SSSR count). The minimum Gasteiger partial charge on any atom is -0.417 e. The molecule has 2 aromatic carbocycles. The quantitative estimate of drug-likeness (QED) is 0.137. The van der Waals surface area contributed by atoms with Crippen molar-refractivity contribution in [2.45, 2.75) is 116 Å². The van der Waals surface area contributed by atoms with Gasteiger partial charge < -0.3 is 19.9 Å². The third-order valence-corrected chi connectivity index (χ3v) is 20.5. The second-order valence-corrected chi connectivity index (χ2v) is 22.6. The maximum absolute atomic E-state index is 12.5. The molecule has 0 aliphatic carbocycles. The van der Waals surface area contributed by atoms with E-state index in [0.717, 1.165) is 49.8 Å². The van der Waals surface area contributed by atoms with E-state index in [-0.39, 0.29) is 5.91 Å². The van der Waals surface area contributed by atoms with Gasteiger partial charge in [-0.05, 0) is 90.7 Å². The molecule has 3 N–H and O–H groups in total. The van der Waals surface area contributed by atoms with Crippen LogP contribution in [0.15, 0.2) is 54.6 Å². The van der Waals surface area contributed by atoms with E-state index >= 15 is 0 Å². The topological polar surface area (TPSA) is 73.6 Å². The molecule has 238 valence electrons. The lowest BCUT2D eigenvalue weighted by molar-refractivity contribution is 0.0953. The van der Waals surface area contributed by atoms with Crippen LogP contribution in [0, 0.1) is 0 Å². The predicted molar refractivity (Wildman–Crippen MR) is 187 cm³/mol. The van der Waals surface area contributed by atoms with Gasteiger partial charge in [-0.1, -0.05) is 97.9 Å². The van der Waals surface area contributed by atoms with Crippen LogP contribution >= 0.6 is 0 Å². The number of carbonyl (C=O) groups excluding carboxylic acids is 1. The molecule has 0 saturated heterocycles. The lowest BCUT2D eigenvalue weighted by atomic mass is 10.0. The number of nitrogens with one attached hydrogen (secondary N) is 1. The van der Waals surface area contributed by atoms with E-state index in [0.29, 0.717) is 34.3 Å². The molecule has 0 heterocycles. The van der Waals surface area contributed by atoms with Crippen LogP contribution in [0.3, 0.4) is 0 Å². The van der Waals surface area contributed by atoms with Gasteiger partial charge in [0.2, 0.25) is 0 Å². The zero-order valence-electron chi connectivity index (χ0n) is 28.5. The van der Waals surface area contributed by atoms with E-state index in [1.54, 1.807) is 0 Å². The van der Waals surface area contributed by atoms with E-state index in [9.17, 15) is 4.79 Å². The lowest BCUT2D eigenvalue weighted by Gasteiger charge is -2.38. The molecule has 0 aromatic heterocycles. The third-order valence-electron chi connectivity index (χ3n) is 8.79. The SMILES string of the molecule is CCO[Si](CCCN)(C(C)C)C(C)C.CCO[Si](CCCNC(=O)c1ccc(-c2ccccc2)cc1)(C(C)C)C(C)C. The first kappa shape index (κ1) is 38.2. The second kappa shape index (κ2) is 19.5. The number of hydrogen-bond donors (Lipinski definition) is 2. The van der Waals surface area contributed by atoms with Gasteiger partial charge in [-0.3, -0.25) is 4.79 Å². The number of carbonyl (C=O) groups is 1. The van der Waals surface area contributed by atoms with Crippen LogP contribution in [-0.4, -0.2) is 48.8 Å². The molecule has 7 heteroatoms. The van der Waals surface area contributed by atoms with Crippen molar-refractivity contribution in [1.82, 2.24) is 5.32 Å². The van der Waals surface area contributed by atoms with Gasteiger partial charge in [0.25, 0.3) is 5.91 Å². The van der Waals surface area contributed by atoms with Gasteiger partial charge in [0, 0.05) is 25.3 Å². The van der Waals surface area contributed by atoms with Crippen molar-refractivity contribution in [2.75, 3.05) is 26.3 Å². The molecule has 5 nitrogen and oxygen atoms in total. The average molecular weight is 615 g/mol. The molecule has 0 radical (unpaired) electrons. The highest BCUT2D eigenvalue weighted by Gasteiger charge is 2.41. The highest BCUT2D eigenvalue weighted by Crippen LogP contribution is 2.38. The van der Waals surface area contributed by atoms with E-state index < -0.39 is 16.6 Å². The first-order valence-electron chi connectivity index (χ1n) is 16.3. The maximum atomic E-state index is 12.5. The van der Waals surface area contributed by atoms with Gasteiger partial charge in [-0.25, -0.2) is 0 Å². The molecule has 2 aromatic rings. The second-order valence-electron chi connectivity index (χ2n) is 12.6. The predicted octanol–water partition coefficient (Wildman–Crippen LogP) is 9.41. The van der Waals surface area contributed by atoms with E-state index in [1.165, 1.54) is 6.04 Å². The molecule has 0 unspecified atom stereocenters. The summed E-state index contributed by atoms with van der Waals surface area (Å²) >= 11 is 0. The molecule has 0 fully saturated rings. The minimum atomic E-state index is -1.80. The Morgan fingerprint density at radius 1 is 0.690 bits per heavy atom. The van der Waals surface area contributed by atoms with E-state index in [1.807, 2.05) is 42.5 Å². The van der Waals surface area contributed by atoms with Crippen LogP contribution in [0.5, 0.6) is 0 Å². The van der Waals surface area contributed by atoms with Gasteiger partial charge in [0.15, 0.2) is 16.6 Å². The van der Waals surface area contributed by atoms with Gasteiger partial charge in [0.05, 0.1) is 0 Å². The summed E-state index contributed by atoms with van der Waals surface area (Å²) in [5.74, 6) is -0.00242. The largest absolute Gasteiger partial charge is 0.417 e. The molecule has 0 atom stereocenters. The number of rotatable bonds is 17. The molecule has 0 spiro atoms. The van der Waals surface area contributed by atoms with Gasteiger partial charge in [-0.15, -0.1) is 0 Å². The zero-order chi connectivity index (χ0) is 31.8. The molecular formula is C35H62N2O3Si2. The van der Waals surface area contributed by atoms with Crippen molar-refractivity contribution in [3.63, 3.8) is 0 Å². The summed E-state index contributed by atoms with van der Waals surface area (Å²) < 4.78 is 12.5. The van der Waals surface area contributed by atoms with Crippen LogP contribution in [0.2, 0.25) is 34.3 Å². The van der Waals surface area contributed by atoms with Gasteiger partial charge >= 0.3 is 0 Å². The van der Waals surface area contributed by atoms with Crippen LogP contribution in [0.4, 0.5) is 0 Å². The van der Waals surface area contributed by atoms with Crippen molar-refractivity contribution >= 4 is 22.5 Å². The van der Waals surface area contributed by atoms with Crippen molar-refractivity contribution < 1.29 is 13.6 Å². The Morgan fingerprint density at radius 3 is 1.52 bits per heavy atom. The summed E-state index contributed by atoms with van der Waals surface area (Å²) in [7, 11) is -3.35. The summed E-state index contributed by atoms with van der Waals surface area (Å²) in [4.78, 5) is 12.5. The maximum Gasteiger partial charge on any atom is 0.251 e. The van der Waals surface area contributed by atoms with Crippen LogP contribution in [0.25, 0.3) is 11.1 Å². The standard InChI is InChI=1S/C24H35NO2Si.C11H27NOSi/c1-6-27-28(19(2)3,20(4)5)18-10-17-25-24(26)23-15-13-22(14-16-23)21-11-8-7-9-12-21;1-6-13-14(10(2)3,11(4)5)9-7-8-12/h7-9,11-16,19-20H,6,10,17-18H2,1-5H3,(H,25,26);10-11H,6-9,12H2,1-5H3. The Labute approximate surface area is 260 Å². The molecule has 0 aliphatic heterocycles. The van der Waals surface area contributed by atoms with Crippen molar-refractivity contribution in [2.24, 2.45) is 5.73 Å². The molecule has 0 bridgehead atoms. The average Bonchev–Trinajstić information content (AvgIpc) is 2.97. The summed E-state index contributed by atoms with van der Waals surface area (Å²) in [6, 6.07) is 20.3. The normalized spacial score (nSPS) is 12.2. The Morgan fingerprint density at radius 2 is 1.12 bits per heavy atom. The fourth-order valence-electron chi connectivity index (χ4n) is 6.33. The summed E-state index contributed by atoms with van der Waals surface area (Å²) in [5.41, 5.74) is 11.1.